The number of primary amides is 1. The number of hydrogen-bond donors (Lipinski definition) is 2. The first-order valence-corrected chi connectivity index (χ1v) is 6.67. The van der Waals surface area contributed by atoms with Crippen molar-refractivity contribution in [3.63, 3.8) is 0 Å². The van der Waals surface area contributed by atoms with Crippen LogP contribution in [0.25, 0.3) is 0 Å². The first kappa shape index (κ1) is 16.9. The lowest BCUT2D eigenvalue weighted by atomic mass is 9.95. The van der Waals surface area contributed by atoms with Crippen molar-refractivity contribution in [2.24, 2.45) is 5.73 Å². The normalized spacial score (nSPS) is 13.5. The zero-order valence-electron chi connectivity index (χ0n) is 12.5. The predicted molar refractivity (Wildman–Crippen MR) is 79.2 cm³/mol. The topological polar surface area (TPSA) is 107 Å². The summed E-state index contributed by atoms with van der Waals surface area (Å²) in [5, 5.41) is 13.8. The molecular formula is C14H21N3O4. The summed E-state index contributed by atoms with van der Waals surface area (Å²) in [6, 6.07) is 4.78. The van der Waals surface area contributed by atoms with Crippen LogP contribution in [0.5, 0.6) is 5.75 Å². The Balaban J connectivity index is 2.65. The van der Waals surface area contributed by atoms with Gasteiger partial charge in [-0.15, -0.1) is 0 Å². The highest BCUT2D eigenvalue weighted by atomic mass is 16.6. The van der Waals surface area contributed by atoms with Crippen molar-refractivity contribution < 1.29 is 14.5 Å². The molecule has 0 aliphatic rings. The third-order valence-electron chi connectivity index (χ3n) is 3.55. The molecule has 7 nitrogen and oxygen atoms in total. The number of benzene rings is 1. The molecule has 116 valence electrons. The van der Waals surface area contributed by atoms with E-state index in [0.717, 1.165) is 0 Å². The van der Waals surface area contributed by atoms with E-state index in [0.29, 0.717) is 18.4 Å². The molecule has 21 heavy (non-hydrogen) atoms. The fourth-order valence-electron chi connectivity index (χ4n) is 1.94. The minimum atomic E-state index is -0.805. The molecule has 1 atom stereocenters. The van der Waals surface area contributed by atoms with Crippen LogP contribution in [0, 0.1) is 17.0 Å². The van der Waals surface area contributed by atoms with Gasteiger partial charge in [0.1, 0.15) is 0 Å². The smallest absolute Gasteiger partial charge is 0.311 e. The average molecular weight is 295 g/mol. The van der Waals surface area contributed by atoms with Gasteiger partial charge in [0, 0.05) is 6.07 Å². The van der Waals surface area contributed by atoms with E-state index in [9.17, 15) is 14.9 Å². The number of nitro groups is 1. The van der Waals surface area contributed by atoms with Crippen molar-refractivity contribution in [3.05, 3.63) is 33.9 Å². The minimum absolute atomic E-state index is 0.0544. The van der Waals surface area contributed by atoms with Gasteiger partial charge in [0.25, 0.3) is 0 Å². The summed E-state index contributed by atoms with van der Waals surface area (Å²) < 4.78 is 5.53. The molecule has 7 heteroatoms. The Morgan fingerprint density at radius 2 is 2.19 bits per heavy atom. The van der Waals surface area contributed by atoms with Crippen molar-refractivity contribution in [3.8, 4) is 5.75 Å². The number of rotatable bonds is 8. The van der Waals surface area contributed by atoms with Gasteiger partial charge in [-0.05, 0) is 39.3 Å². The second kappa shape index (κ2) is 7.03. The first-order chi connectivity index (χ1) is 9.81. The van der Waals surface area contributed by atoms with Gasteiger partial charge in [0.05, 0.1) is 17.1 Å². The molecule has 0 fully saturated rings. The van der Waals surface area contributed by atoms with E-state index in [1.807, 2.05) is 0 Å². The summed E-state index contributed by atoms with van der Waals surface area (Å²) in [7, 11) is 1.66. The van der Waals surface area contributed by atoms with Gasteiger partial charge in [-0.2, -0.15) is 0 Å². The van der Waals surface area contributed by atoms with Crippen LogP contribution in [-0.2, 0) is 4.79 Å². The molecule has 1 amide bonds. The number of hydrogen-bond acceptors (Lipinski definition) is 5. The average Bonchev–Trinajstić information content (AvgIpc) is 2.43. The maximum absolute atomic E-state index is 11.3. The van der Waals surface area contributed by atoms with Crippen LogP contribution in [-0.4, -0.2) is 30.0 Å². The Morgan fingerprint density at radius 3 is 2.71 bits per heavy atom. The number of para-hydroxylation sites is 1. The van der Waals surface area contributed by atoms with E-state index in [4.69, 9.17) is 10.5 Å². The predicted octanol–water partition coefficient (Wildman–Crippen LogP) is 1.53. The second-order valence-corrected chi connectivity index (χ2v) is 5.08. The summed E-state index contributed by atoms with van der Waals surface area (Å²) in [4.78, 5) is 21.8. The van der Waals surface area contributed by atoms with Gasteiger partial charge in [0.15, 0.2) is 5.75 Å². The maximum atomic E-state index is 11.3. The fourth-order valence-corrected chi connectivity index (χ4v) is 1.94. The number of nitrogens with one attached hydrogen (secondary N) is 1. The van der Waals surface area contributed by atoms with Crippen LogP contribution < -0.4 is 15.8 Å². The summed E-state index contributed by atoms with van der Waals surface area (Å²) >= 11 is 0. The van der Waals surface area contributed by atoms with E-state index < -0.39 is 16.4 Å². The number of ether oxygens (including phenoxy) is 1. The Kier molecular flexibility index (Phi) is 5.66. The fraction of sp³-hybridized carbons (Fsp3) is 0.500. The third-order valence-corrected chi connectivity index (χ3v) is 3.55. The number of likely N-dealkylation sites (N-methyl/N-ethyl adjacent to an activating group) is 1. The number of carbonyl (C=O) groups excluding carboxylic acids is 1. The number of nitrogens with zero attached hydrogens (tertiary/aromatic N) is 1. The number of nitro benzene ring substituents is 1. The van der Waals surface area contributed by atoms with E-state index in [1.165, 1.54) is 6.07 Å². The molecule has 3 N–H and O–H groups in total. The monoisotopic (exact) mass is 295 g/mol. The zero-order valence-corrected chi connectivity index (χ0v) is 12.5. The molecule has 1 aromatic carbocycles. The summed E-state index contributed by atoms with van der Waals surface area (Å²) in [5.41, 5.74) is 5.18. The number of nitrogens with two attached hydrogens (primary N) is 1. The molecule has 0 aliphatic carbocycles. The SMILES string of the molecule is CNC(C)(CCCOc1c(C)cccc1[N+](=O)[O-])C(N)=O. The van der Waals surface area contributed by atoms with Crippen LogP contribution in [0.3, 0.4) is 0 Å². The maximum Gasteiger partial charge on any atom is 0.311 e. The van der Waals surface area contributed by atoms with Crippen LogP contribution in [0.4, 0.5) is 5.69 Å². The zero-order chi connectivity index (χ0) is 16.0. The quantitative estimate of drug-likeness (QED) is 0.429. The molecule has 1 unspecified atom stereocenters. The lowest BCUT2D eigenvalue weighted by Gasteiger charge is -2.25. The highest BCUT2D eigenvalue weighted by Gasteiger charge is 2.28. The Labute approximate surface area is 123 Å². The van der Waals surface area contributed by atoms with Gasteiger partial charge >= 0.3 is 5.69 Å². The lowest BCUT2D eigenvalue weighted by Crippen LogP contribution is -2.51. The number of carbonyl (C=O) groups is 1. The molecule has 0 saturated heterocycles. The Hall–Kier alpha value is -2.15. The van der Waals surface area contributed by atoms with Gasteiger partial charge in [-0.25, -0.2) is 0 Å². The summed E-state index contributed by atoms with van der Waals surface area (Å²) in [6.07, 6.45) is 1.03. The van der Waals surface area contributed by atoms with E-state index >= 15 is 0 Å². The molecule has 0 aromatic heterocycles. The van der Waals surface area contributed by atoms with Crippen LogP contribution in [0.1, 0.15) is 25.3 Å². The van der Waals surface area contributed by atoms with E-state index in [-0.39, 0.29) is 18.0 Å². The van der Waals surface area contributed by atoms with Gasteiger partial charge < -0.3 is 15.8 Å². The Morgan fingerprint density at radius 1 is 1.52 bits per heavy atom. The molecular weight excluding hydrogens is 274 g/mol. The van der Waals surface area contributed by atoms with Crippen molar-refractivity contribution in [1.29, 1.82) is 0 Å². The first-order valence-electron chi connectivity index (χ1n) is 6.67. The minimum Gasteiger partial charge on any atom is -0.487 e. The van der Waals surface area contributed by atoms with Crippen LogP contribution in [0.2, 0.25) is 0 Å². The molecule has 0 spiro atoms. The largest absolute Gasteiger partial charge is 0.487 e. The molecule has 1 rings (SSSR count). The van der Waals surface area contributed by atoms with Crippen molar-refractivity contribution in [2.45, 2.75) is 32.2 Å². The summed E-state index contributed by atoms with van der Waals surface area (Å²) in [5.74, 6) is -0.167. The second-order valence-electron chi connectivity index (χ2n) is 5.08. The highest BCUT2D eigenvalue weighted by Crippen LogP contribution is 2.30. The van der Waals surface area contributed by atoms with E-state index in [2.05, 4.69) is 5.32 Å². The molecule has 0 bridgehead atoms. The van der Waals surface area contributed by atoms with Crippen molar-refractivity contribution in [1.82, 2.24) is 5.32 Å². The standard InChI is InChI=1S/C14H21N3O4/c1-10-6-4-7-11(17(19)20)12(10)21-9-5-8-14(2,16-3)13(15)18/h4,6-7,16H,5,8-9H2,1-3H3,(H2,15,18). The number of amides is 1. The van der Waals surface area contributed by atoms with Crippen molar-refractivity contribution >= 4 is 11.6 Å². The van der Waals surface area contributed by atoms with Gasteiger partial charge in [-0.3, -0.25) is 14.9 Å². The highest BCUT2D eigenvalue weighted by molar-refractivity contribution is 5.84. The summed E-state index contributed by atoms with van der Waals surface area (Å²) in [6.45, 7) is 3.74. The molecule has 0 heterocycles. The Bertz CT molecular complexity index is 533. The van der Waals surface area contributed by atoms with Gasteiger partial charge in [-0.1, -0.05) is 12.1 Å². The van der Waals surface area contributed by atoms with E-state index in [1.54, 1.807) is 33.0 Å². The molecule has 1 aromatic rings. The molecule has 0 saturated carbocycles. The van der Waals surface area contributed by atoms with Crippen molar-refractivity contribution in [2.75, 3.05) is 13.7 Å². The van der Waals surface area contributed by atoms with Crippen LogP contribution in [0.15, 0.2) is 18.2 Å². The van der Waals surface area contributed by atoms with Crippen LogP contribution >= 0.6 is 0 Å². The molecule has 0 radical (unpaired) electrons. The third kappa shape index (κ3) is 4.16. The molecule has 0 aliphatic heterocycles. The lowest BCUT2D eigenvalue weighted by molar-refractivity contribution is -0.385. The number of aryl methyl sites for hydroxylation is 1. The van der Waals surface area contributed by atoms with Gasteiger partial charge in [0.2, 0.25) is 5.91 Å².